The summed E-state index contributed by atoms with van der Waals surface area (Å²) in [5.74, 6) is 0.221. The van der Waals surface area contributed by atoms with E-state index >= 15 is 0 Å². The van der Waals surface area contributed by atoms with Gasteiger partial charge >= 0.3 is 0 Å². The third-order valence-electron chi connectivity index (χ3n) is 2.15. The van der Waals surface area contributed by atoms with Gasteiger partial charge in [0.25, 0.3) is 0 Å². The van der Waals surface area contributed by atoms with E-state index in [2.05, 4.69) is 0 Å². The van der Waals surface area contributed by atoms with E-state index in [1.54, 1.807) is 5.01 Å². The Kier molecular flexibility index (Phi) is 3.05. The molecule has 1 heterocycles. The number of amides is 1. The lowest BCUT2D eigenvalue weighted by Crippen LogP contribution is -2.38. The fourth-order valence-corrected chi connectivity index (χ4v) is 1.32. The van der Waals surface area contributed by atoms with E-state index in [1.165, 1.54) is 0 Å². The van der Waals surface area contributed by atoms with Gasteiger partial charge in [-0.1, -0.05) is 0 Å². The Morgan fingerprint density at radius 3 is 2.75 bits per heavy atom. The summed E-state index contributed by atoms with van der Waals surface area (Å²) in [7, 11) is 1.94. The monoisotopic (exact) mass is 171 g/mol. The van der Waals surface area contributed by atoms with E-state index < -0.39 is 0 Å². The molecule has 0 saturated carbocycles. The van der Waals surface area contributed by atoms with Gasteiger partial charge in [0.05, 0.1) is 0 Å². The average molecular weight is 171 g/mol. The molecular weight excluding hydrogens is 154 g/mol. The Morgan fingerprint density at radius 1 is 1.67 bits per heavy atom. The number of hydrogen-bond acceptors (Lipinski definition) is 3. The summed E-state index contributed by atoms with van der Waals surface area (Å²) >= 11 is 0. The van der Waals surface area contributed by atoms with Crippen LogP contribution < -0.4 is 5.73 Å². The highest BCUT2D eigenvalue weighted by atomic mass is 16.2. The zero-order valence-corrected chi connectivity index (χ0v) is 7.79. The van der Waals surface area contributed by atoms with Crippen molar-refractivity contribution in [1.29, 1.82) is 0 Å². The fraction of sp³-hybridized carbons (Fsp3) is 0.875. The number of carbonyl (C=O) groups excluding carboxylic acids is 1. The van der Waals surface area contributed by atoms with Gasteiger partial charge < -0.3 is 5.73 Å². The number of hydrogen-bond donors (Lipinski definition) is 1. The second-order valence-electron chi connectivity index (χ2n) is 3.41. The van der Waals surface area contributed by atoms with Gasteiger partial charge in [0.15, 0.2) is 0 Å². The Labute approximate surface area is 73.3 Å². The molecule has 70 valence electrons. The Bertz CT molecular complexity index is 170. The van der Waals surface area contributed by atoms with Gasteiger partial charge in [-0.05, 0) is 13.3 Å². The Morgan fingerprint density at radius 2 is 2.33 bits per heavy atom. The lowest BCUT2D eigenvalue weighted by Gasteiger charge is -2.24. The van der Waals surface area contributed by atoms with Crippen molar-refractivity contribution < 1.29 is 4.79 Å². The molecule has 4 heteroatoms. The molecule has 0 spiro atoms. The molecule has 0 bridgehead atoms. The van der Waals surface area contributed by atoms with Crippen LogP contribution in [0, 0.1) is 0 Å². The van der Waals surface area contributed by atoms with Gasteiger partial charge in [-0.15, -0.1) is 0 Å². The molecule has 1 rings (SSSR count). The minimum Gasteiger partial charge on any atom is -0.328 e. The van der Waals surface area contributed by atoms with E-state index in [-0.39, 0.29) is 11.9 Å². The first-order valence-corrected chi connectivity index (χ1v) is 4.38. The zero-order valence-electron chi connectivity index (χ0n) is 7.79. The third kappa shape index (κ3) is 2.19. The largest absolute Gasteiger partial charge is 0.328 e. The number of hydrazine groups is 1. The molecule has 2 N–H and O–H groups in total. The number of carbonyl (C=O) groups is 1. The SMILES string of the molecule is CC(N)CCN1C(=O)CCN1C. The normalized spacial score (nSPS) is 21.9. The molecule has 1 aliphatic rings. The van der Waals surface area contributed by atoms with Crippen molar-refractivity contribution in [3.63, 3.8) is 0 Å². The van der Waals surface area contributed by atoms with Crippen LogP contribution in [0.2, 0.25) is 0 Å². The van der Waals surface area contributed by atoms with Crippen molar-refractivity contribution in [2.24, 2.45) is 5.73 Å². The Hall–Kier alpha value is -0.610. The minimum atomic E-state index is 0.173. The first kappa shape index (κ1) is 9.48. The van der Waals surface area contributed by atoms with E-state index in [4.69, 9.17) is 5.73 Å². The van der Waals surface area contributed by atoms with Crippen LogP contribution in [0.25, 0.3) is 0 Å². The minimum absolute atomic E-state index is 0.173. The van der Waals surface area contributed by atoms with Gasteiger partial charge in [0.1, 0.15) is 0 Å². The number of rotatable bonds is 3. The van der Waals surface area contributed by atoms with Crippen LogP contribution in [-0.4, -0.2) is 42.1 Å². The summed E-state index contributed by atoms with van der Waals surface area (Å²) < 4.78 is 0. The average Bonchev–Trinajstić information content (AvgIpc) is 2.28. The van der Waals surface area contributed by atoms with Crippen LogP contribution in [-0.2, 0) is 4.79 Å². The zero-order chi connectivity index (χ0) is 9.14. The standard InChI is InChI=1S/C8H17N3O/c1-7(9)3-6-11-8(12)4-5-10(11)2/h7H,3-6,9H2,1-2H3. The molecule has 4 nitrogen and oxygen atoms in total. The third-order valence-corrected chi connectivity index (χ3v) is 2.15. The first-order valence-electron chi connectivity index (χ1n) is 4.38. The van der Waals surface area contributed by atoms with Crippen LogP contribution in [0.5, 0.6) is 0 Å². The van der Waals surface area contributed by atoms with Crippen molar-refractivity contribution in [2.75, 3.05) is 20.1 Å². The highest BCUT2D eigenvalue weighted by molar-refractivity contribution is 5.77. The molecule has 1 aliphatic heterocycles. The van der Waals surface area contributed by atoms with Crippen LogP contribution in [0.15, 0.2) is 0 Å². The molecule has 1 saturated heterocycles. The van der Waals surface area contributed by atoms with Crippen LogP contribution in [0.1, 0.15) is 19.8 Å². The maximum atomic E-state index is 11.2. The van der Waals surface area contributed by atoms with Gasteiger partial charge in [0.2, 0.25) is 5.91 Å². The summed E-state index contributed by atoms with van der Waals surface area (Å²) in [6.45, 7) is 3.56. The van der Waals surface area contributed by atoms with Crippen molar-refractivity contribution in [1.82, 2.24) is 10.0 Å². The quantitative estimate of drug-likeness (QED) is 0.640. The number of nitrogens with two attached hydrogens (primary N) is 1. The molecule has 0 aromatic rings. The topological polar surface area (TPSA) is 49.6 Å². The summed E-state index contributed by atoms with van der Waals surface area (Å²) in [6, 6.07) is 0.173. The molecular formula is C8H17N3O. The van der Waals surface area contributed by atoms with Gasteiger partial charge in [-0.25, -0.2) is 5.01 Å². The van der Waals surface area contributed by atoms with Gasteiger partial charge in [-0.2, -0.15) is 0 Å². The summed E-state index contributed by atoms with van der Waals surface area (Å²) in [5.41, 5.74) is 5.60. The molecule has 1 amide bonds. The first-order chi connectivity index (χ1) is 5.61. The Balaban J connectivity index is 2.34. The van der Waals surface area contributed by atoms with Crippen molar-refractivity contribution in [3.05, 3.63) is 0 Å². The predicted molar refractivity (Wildman–Crippen MR) is 47.2 cm³/mol. The van der Waals surface area contributed by atoms with Gasteiger partial charge in [-0.3, -0.25) is 9.80 Å². The van der Waals surface area contributed by atoms with Crippen LogP contribution >= 0.6 is 0 Å². The van der Waals surface area contributed by atoms with Crippen molar-refractivity contribution in [3.8, 4) is 0 Å². The van der Waals surface area contributed by atoms with Crippen LogP contribution in [0.3, 0.4) is 0 Å². The van der Waals surface area contributed by atoms with E-state index in [1.807, 2.05) is 19.0 Å². The van der Waals surface area contributed by atoms with E-state index in [0.29, 0.717) is 6.42 Å². The molecule has 12 heavy (non-hydrogen) atoms. The van der Waals surface area contributed by atoms with Gasteiger partial charge in [0, 0.05) is 32.6 Å². The summed E-state index contributed by atoms with van der Waals surface area (Å²) in [4.78, 5) is 11.2. The maximum Gasteiger partial charge on any atom is 0.238 e. The van der Waals surface area contributed by atoms with Crippen molar-refractivity contribution >= 4 is 5.91 Å². The van der Waals surface area contributed by atoms with Crippen LogP contribution in [0.4, 0.5) is 0 Å². The molecule has 0 aliphatic carbocycles. The maximum absolute atomic E-state index is 11.2. The second kappa shape index (κ2) is 3.87. The smallest absolute Gasteiger partial charge is 0.238 e. The second-order valence-corrected chi connectivity index (χ2v) is 3.41. The lowest BCUT2D eigenvalue weighted by molar-refractivity contribution is -0.136. The molecule has 0 aromatic carbocycles. The molecule has 1 atom stereocenters. The van der Waals surface area contributed by atoms with E-state index in [0.717, 1.165) is 19.5 Å². The fourth-order valence-electron chi connectivity index (χ4n) is 1.32. The number of nitrogens with zero attached hydrogens (tertiary/aromatic N) is 2. The molecule has 0 radical (unpaired) electrons. The lowest BCUT2D eigenvalue weighted by atomic mass is 10.2. The molecule has 0 aromatic heterocycles. The highest BCUT2D eigenvalue weighted by Crippen LogP contribution is 2.09. The van der Waals surface area contributed by atoms with E-state index in [9.17, 15) is 4.79 Å². The van der Waals surface area contributed by atoms with Crippen molar-refractivity contribution in [2.45, 2.75) is 25.8 Å². The molecule has 1 fully saturated rings. The predicted octanol–water partition coefficient (Wildman–Crippen LogP) is -0.197. The molecule has 1 unspecified atom stereocenters. The summed E-state index contributed by atoms with van der Waals surface area (Å²) in [6.07, 6.45) is 1.52. The summed E-state index contributed by atoms with van der Waals surface area (Å²) in [5, 5.41) is 3.74. The highest BCUT2D eigenvalue weighted by Gasteiger charge is 2.24.